The Morgan fingerprint density at radius 3 is 2.71 bits per heavy atom. The molecule has 1 aliphatic rings. The maximum atomic E-state index is 8.95. The van der Waals surface area contributed by atoms with Gasteiger partial charge in [0.05, 0.1) is 17.1 Å². The minimum absolute atomic E-state index is 0.408. The van der Waals surface area contributed by atoms with E-state index < -0.39 is 0 Å². The van der Waals surface area contributed by atoms with Crippen LogP contribution in [0.25, 0.3) is 11.0 Å². The molecule has 0 radical (unpaired) electrons. The van der Waals surface area contributed by atoms with Gasteiger partial charge in [-0.2, -0.15) is 5.26 Å². The van der Waals surface area contributed by atoms with Crippen LogP contribution in [0.3, 0.4) is 0 Å². The zero-order valence-electron chi connectivity index (χ0n) is 10.2. The molecule has 3 rings (SSSR count). The van der Waals surface area contributed by atoms with E-state index in [9.17, 15) is 0 Å². The molecule has 0 N–H and O–H groups in total. The summed E-state index contributed by atoms with van der Waals surface area (Å²) in [7, 11) is 0. The van der Waals surface area contributed by atoms with E-state index in [0.29, 0.717) is 12.5 Å². The molecule has 0 aliphatic heterocycles. The third-order valence-corrected chi connectivity index (χ3v) is 3.56. The molecule has 0 saturated heterocycles. The van der Waals surface area contributed by atoms with Crippen LogP contribution in [0.4, 0.5) is 0 Å². The number of fused-ring (bicyclic) bond motifs is 1. The van der Waals surface area contributed by atoms with Gasteiger partial charge in [0.2, 0.25) is 0 Å². The van der Waals surface area contributed by atoms with Gasteiger partial charge in [0.15, 0.2) is 0 Å². The lowest BCUT2D eigenvalue weighted by Gasteiger charge is -2.04. The molecule has 1 fully saturated rings. The lowest BCUT2D eigenvalue weighted by Crippen LogP contribution is -2.01. The number of nitrogens with zero attached hydrogens (tertiary/aromatic N) is 3. The molecule has 1 heterocycles. The molecule has 86 valence electrons. The van der Waals surface area contributed by atoms with Gasteiger partial charge < -0.3 is 4.57 Å². The first-order valence-electron chi connectivity index (χ1n) is 6.05. The molecule has 1 aromatic carbocycles. The van der Waals surface area contributed by atoms with E-state index in [4.69, 9.17) is 10.2 Å². The lowest BCUT2D eigenvalue weighted by molar-refractivity contribution is 0.769. The Morgan fingerprint density at radius 2 is 2.06 bits per heavy atom. The van der Waals surface area contributed by atoms with Crippen LogP contribution < -0.4 is 0 Å². The first-order chi connectivity index (χ1) is 8.20. The van der Waals surface area contributed by atoms with E-state index >= 15 is 0 Å². The number of rotatable bonds is 2. The third kappa shape index (κ3) is 1.61. The summed E-state index contributed by atoms with van der Waals surface area (Å²) in [5.74, 6) is 1.68. The van der Waals surface area contributed by atoms with Crippen molar-refractivity contribution in [2.45, 2.75) is 39.2 Å². The average molecular weight is 225 g/mol. The third-order valence-electron chi connectivity index (χ3n) is 3.56. The number of aromatic nitrogens is 2. The van der Waals surface area contributed by atoms with Crippen molar-refractivity contribution < 1.29 is 0 Å². The van der Waals surface area contributed by atoms with E-state index in [1.165, 1.54) is 24.0 Å². The van der Waals surface area contributed by atoms with Gasteiger partial charge >= 0.3 is 0 Å². The number of hydrogen-bond acceptors (Lipinski definition) is 2. The van der Waals surface area contributed by atoms with E-state index in [0.717, 1.165) is 16.9 Å². The first kappa shape index (κ1) is 10.3. The zero-order chi connectivity index (χ0) is 12.0. The van der Waals surface area contributed by atoms with E-state index in [2.05, 4.69) is 36.6 Å². The van der Waals surface area contributed by atoms with E-state index in [-0.39, 0.29) is 0 Å². The van der Waals surface area contributed by atoms with Crippen molar-refractivity contribution in [3.05, 3.63) is 29.1 Å². The number of benzene rings is 1. The summed E-state index contributed by atoms with van der Waals surface area (Å²) in [6.07, 6.45) is 2.43. The predicted molar refractivity (Wildman–Crippen MR) is 66.8 cm³/mol. The maximum Gasteiger partial charge on any atom is 0.113 e. The molecule has 1 saturated carbocycles. The largest absolute Gasteiger partial charge is 0.314 e. The van der Waals surface area contributed by atoms with Crippen molar-refractivity contribution in [3.8, 4) is 6.07 Å². The quantitative estimate of drug-likeness (QED) is 0.788. The van der Waals surface area contributed by atoms with Crippen LogP contribution in [0.15, 0.2) is 12.1 Å². The van der Waals surface area contributed by atoms with Crippen LogP contribution in [0, 0.1) is 25.2 Å². The number of hydrogen-bond donors (Lipinski definition) is 0. The van der Waals surface area contributed by atoms with Gasteiger partial charge in [-0.3, -0.25) is 0 Å². The summed E-state index contributed by atoms with van der Waals surface area (Å²) in [6, 6.07) is 6.53. The van der Waals surface area contributed by atoms with Crippen LogP contribution in [-0.4, -0.2) is 9.55 Å². The molecule has 0 bridgehead atoms. The van der Waals surface area contributed by atoms with Crippen molar-refractivity contribution in [1.82, 2.24) is 9.55 Å². The molecule has 1 aliphatic carbocycles. The highest BCUT2D eigenvalue weighted by atomic mass is 15.1. The van der Waals surface area contributed by atoms with Gasteiger partial charge in [0, 0.05) is 5.92 Å². The number of aryl methyl sites for hydroxylation is 2. The molecule has 3 nitrogen and oxygen atoms in total. The van der Waals surface area contributed by atoms with Crippen molar-refractivity contribution in [1.29, 1.82) is 5.26 Å². The zero-order valence-corrected chi connectivity index (χ0v) is 10.2. The van der Waals surface area contributed by atoms with Crippen LogP contribution in [0.5, 0.6) is 0 Å². The van der Waals surface area contributed by atoms with Gasteiger partial charge in [-0.05, 0) is 49.9 Å². The monoisotopic (exact) mass is 225 g/mol. The Balaban J connectivity index is 2.27. The summed E-state index contributed by atoms with van der Waals surface area (Å²) < 4.78 is 2.08. The normalized spacial score (nSPS) is 15.1. The van der Waals surface area contributed by atoms with Gasteiger partial charge in [-0.15, -0.1) is 0 Å². The Kier molecular flexibility index (Phi) is 2.19. The SMILES string of the molecule is Cc1cc2nc(C3CC3)n(CC#N)c2cc1C. The molecule has 2 aromatic rings. The topological polar surface area (TPSA) is 41.6 Å². The molecule has 0 atom stereocenters. The molecular weight excluding hydrogens is 210 g/mol. The highest BCUT2D eigenvalue weighted by Crippen LogP contribution is 2.40. The van der Waals surface area contributed by atoms with E-state index in [1.807, 2.05) is 0 Å². The van der Waals surface area contributed by atoms with Gasteiger partial charge in [0.25, 0.3) is 0 Å². The summed E-state index contributed by atoms with van der Waals surface area (Å²) in [4.78, 5) is 4.71. The minimum Gasteiger partial charge on any atom is -0.314 e. The highest BCUT2D eigenvalue weighted by Gasteiger charge is 2.29. The predicted octanol–water partition coefficient (Wildman–Crippen LogP) is 3.05. The number of imidazole rings is 1. The molecule has 1 aromatic heterocycles. The summed E-state index contributed by atoms with van der Waals surface area (Å²) in [5.41, 5.74) is 4.67. The second-order valence-electron chi connectivity index (χ2n) is 4.91. The minimum atomic E-state index is 0.408. The second kappa shape index (κ2) is 3.59. The number of nitriles is 1. The fourth-order valence-corrected chi connectivity index (χ4v) is 2.29. The fourth-order valence-electron chi connectivity index (χ4n) is 2.29. The second-order valence-corrected chi connectivity index (χ2v) is 4.91. The van der Waals surface area contributed by atoms with Gasteiger partial charge in [-0.1, -0.05) is 0 Å². The van der Waals surface area contributed by atoms with Crippen molar-refractivity contribution >= 4 is 11.0 Å². The molecule has 17 heavy (non-hydrogen) atoms. The maximum absolute atomic E-state index is 8.95. The molecular formula is C14H15N3. The highest BCUT2D eigenvalue weighted by molar-refractivity contribution is 5.78. The fraction of sp³-hybridized carbons (Fsp3) is 0.429. The Labute approximate surface area is 101 Å². The Hall–Kier alpha value is -1.82. The smallest absolute Gasteiger partial charge is 0.113 e. The van der Waals surface area contributed by atoms with Crippen molar-refractivity contribution in [3.63, 3.8) is 0 Å². The Morgan fingerprint density at radius 1 is 1.35 bits per heavy atom. The van der Waals surface area contributed by atoms with Crippen LogP contribution in [0.2, 0.25) is 0 Å². The summed E-state index contributed by atoms with van der Waals surface area (Å²) in [5, 5.41) is 8.95. The summed E-state index contributed by atoms with van der Waals surface area (Å²) >= 11 is 0. The Bertz CT molecular complexity index is 627. The molecule has 0 amide bonds. The molecule has 3 heteroatoms. The van der Waals surface area contributed by atoms with Crippen LogP contribution >= 0.6 is 0 Å². The van der Waals surface area contributed by atoms with Gasteiger partial charge in [-0.25, -0.2) is 4.98 Å². The lowest BCUT2D eigenvalue weighted by atomic mass is 10.1. The standard InChI is InChI=1S/C14H15N3/c1-9-7-12-13(8-10(9)2)17(6-5-15)14(16-12)11-3-4-11/h7-8,11H,3-4,6H2,1-2H3. The van der Waals surface area contributed by atoms with Crippen molar-refractivity contribution in [2.24, 2.45) is 0 Å². The van der Waals surface area contributed by atoms with Crippen LogP contribution in [0.1, 0.15) is 35.7 Å². The first-order valence-corrected chi connectivity index (χ1v) is 6.05. The molecule has 0 spiro atoms. The molecule has 0 unspecified atom stereocenters. The van der Waals surface area contributed by atoms with E-state index in [1.54, 1.807) is 0 Å². The van der Waals surface area contributed by atoms with Gasteiger partial charge in [0.1, 0.15) is 12.4 Å². The summed E-state index contributed by atoms with van der Waals surface area (Å²) in [6.45, 7) is 4.62. The van der Waals surface area contributed by atoms with Crippen molar-refractivity contribution in [2.75, 3.05) is 0 Å². The average Bonchev–Trinajstić information content (AvgIpc) is 3.08. The van der Waals surface area contributed by atoms with Crippen LogP contribution in [-0.2, 0) is 6.54 Å².